The molecule has 172 valence electrons. The molecule has 0 bridgehead atoms. The van der Waals surface area contributed by atoms with Crippen LogP contribution in [0.1, 0.15) is 30.5 Å². The molecule has 0 saturated carbocycles. The quantitative estimate of drug-likeness (QED) is 0.487. The molecule has 3 aromatic rings. The fourth-order valence-corrected chi connectivity index (χ4v) is 3.64. The molecule has 3 rings (SSSR count). The lowest BCUT2D eigenvalue weighted by atomic mass is 10.0. The maximum atomic E-state index is 13.5. The first kappa shape index (κ1) is 24.2. The van der Waals surface area contributed by atoms with Gasteiger partial charge in [-0.3, -0.25) is 9.59 Å². The van der Waals surface area contributed by atoms with Gasteiger partial charge in [0.1, 0.15) is 11.9 Å². The smallest absolute Gasteiger partial charge is 0.243 e. The summed E-state index contributed by atoms with van der Waals surface area (Å²) in [5.74, 6) is -0.379. The van der Waals surface area contributed by atoms with E-state index >= 15 is 0 Å². The van der Waals surface area contributed by atoms with Gasteiger partial charge >= 0.3 is 0 Å². The molecule has 0 saturated heterocycles. The summed E-state index contributed by atoms with van der Waals surface area (Å²) in [6.07, 6.45) is 0.581. The van der Waals surface area contributed by atoms with Crippen LogP contribution >= 0.6 is 0 Å². The van der Waals surface area contributed by atoms with E-state index in [9.17, 15) is 14.0 Å². The Labute approximate surface area is 195 Å². The lowest BCUT2D eigenvalue weighted by Gasteiger charge is -2.32. The zero-order chi connectivity index (χ0) is 23.6. The monoisotopic (exact) mass is 446 g/mol. The Bertz CT molecular complexity index is 1020. The van der Waals surface area contributed by atoms with Crippen LogP contribution in [0.25, 0.3) is 0 Å². The predicted octanol–water partition coefficient (Wildman–Crippen LogP) is 4.78. The third-order valence-corrected chi connectivity index (χ3v) is 5.42. The van der Waals surface area contributed by atoms with Crippen molar-refractivity contribution < 1.29 is 14.0 Å². The summed E-state index contributed by atoms with van der Waals surface area (Å²) < 4.78 is 13.5. The van der Waals surface area contributed by atoms with Crippen molar-refractivity contribution >= 4 is 11.8 Å². The molecule has 4 nitrogen and oxygen atoms in total. The van der Waals surface area contributed by atoms with Crippen LogP contribution in [-0.2, 0) is 29.0 Å². The predicted molar refractivity (Wildman–Crippen MR) is 129 cm³/mol. The Morgan fingerprint density at radius 2 is 1.39 bits per heavy atom. The Morgan fingerprint density at radius 1 is 0.818 bits per heavy atom. The highest BCUT2D eigenvalue weighted by Gasteiger charge is 2.30. The van der Waals surface area contributed by atoms with Crippen molar-refractivity contribution in [1.29, 1.82) is 0 Å². The van der Waals surface area contributed by atoms with Crippen molar-refractivity contribution in [3.63, 3.8) is 0 Å². The van der Waals surface area contributed by atoms with Crippen molar-refractivity contribution in [2.24, 2.45) is 5.92 Å². The highest BCUT2D eigenvalue weighted by Crippen LogP contribution is 2.17. The Hall–Kier alpha value is -3.47. The van der Waals surface area contributed by atoms with Gasteiger partial charge in [-0.15, -0.1) is 0 Å². The van der Waals surface area contributed by atoms with Crippen LogP contribution in [0.15, 0.2) is 84.9 Å². The molecule has 0 aliphatic rings. The summed E-state index contributed by atoms with van der Waals surface area (Å²) in [5.41, 5.74) is 2.62. The molecule has 0 fully saturated rings. The van der Waals surface area contributed by atoms with E-state index in [1.807, 2.05) is 74.5 Å². The third kappa shape index (κ3) is 7.56. The summed E-state index contributed by atoms with van der Waals surface area (Å²) in [6, 6.07) is 24.6. The fraction of sp³-hybridized carbons (Fsp3) is 0.286. The molecule has 0 unspecified atom stereocenters. The molecule has 0 aromatic heterocycles. The molecular weight excluding hydrogens is 415 g/mol. The number of carbonyl (C=O) groups excluding carboxylic acids is 2. The van der Waals surface area contributed by atoms with E-state index in [-0.39, 0.29) is 36.5 Å². The second-order valence-electron chi connectivity index (χ2n) is 8.66. The molecule has 33 heavy (non-hydrogen) atoms. The molecule has 3 aromatic carbocycles. The second kappa shape index (κ2) is 12.0. The third-order valence-electron chi connectivity index (χ3n) is 5.42. The van der Waals surface area contributed by atoms with Gasteiger partial charge in [0.25, 0.3) is 0 Å². The van der Waals surface area contributed by atoms with Crippen LogP contribution in [0.3, 0.4) is 0 Å². The maximum absolute atomic E-state index is 13.5. The van der Waals surface area contributed by atoms with Crippen molar-refractivity contribution in [3.05, 3.63) is 107 Å². The molecule has 0 radical (unpaired) electrons. The molecule has 0 heterocycles. The van der Waals surface area contributed by atoms with Gasteiger partial charge in [0.05, 0.1) is 6.42 Å². The van der Waals surface area contributed by atoms with E-state index in [0.717, 1.165) is 16.7 Å². The maximum Gasteiger partial charge on any atom is 0.243 e. The summed E-state index contributed by atoms with van der Waals surface area (Å²) in [5, 5.41) is 3.00. The molecular formula is C28H31FN2O2. The minimum absolute atomic E-state index is 0.147. The number of nitrogens with zero attached hydrogens (tertiary/aromatic N) is 1. The largest absolute Gasteiger partial charge is 0.354 e. The van der Waals surface area contributed by atoms with Gasteiger partial charge in [0.2, 0.25) is 11.8 Å². The Kier molecular flexibility index (Phi) is 8.76. The summed E-state index contributed by atoms with van der Waals surface area (Å²) in [7, 11) is 0. The van der Waals surface area contributed by atoms with Gasteiger partial charge in [-0.05, 0) is 34.7 Å². The van der Waals surface area contributed by atoms with E-state index in [1.54, 1.807) is 17.0 Å². The van der Waals surface area contributed by atoms with Crippen molar-refractivity contribution in [2.45, 2.75) is 39.3 Å². The van der Waals surface area contributed by atoms with E-state index in [0.29, 0.717) is 13.0 Å². The lowest BCUT2D eigenvalue weighted by Crippen LogP contribution is -2.51. The molecule has 0 spiro atoms. The van der Waals surface area contributed by atoms with Crippen molar-refractivity contribution in [2.75, 3.05) is 6.54 Å². The number of nitrogens with one attached hydrogen (secondary N) is 1. The average Bonchev–Trinajstić information content (AvgIpc) is 2.82. The SMILES string of the molecule is CC(C)CNC(=O)[C@H](Cc1ccccc1)N(Cc1ccc(F)cc1)C(=O)Cc1ccccc1. The van der Waals surface area contributed by atoms with Crippen LogP contribution in [0.4, 0.5) is 4.39 Å². The van der Waals surface area contributed by atoms with Gasteiger partial charge in [-0.1, -0.05) is 86.6 Å². The van der Waals surface area contributed by atoms with Crippen molar-refractivity contribution in [3.8, 4) is 0 Å². The highest BCUT2D eigenvalue weighted by atomic mass is 19.1. The minimum Gasteiger partial charge on any atom is -0.354 e. The normalized spacial score (nSPS) is 11.8. The minimum atomic E-state index is -0.688. The summed E-state index contributed by atoms with van der Waals surface area (Å²) in [6.45, 7) is 4.81. The van der Waals surface area contributed by atoms with Gasteiger partial charge in [0.15, 0.2) is 0 Å². The second-order valence-corrected chi connectivity index (χ2v) is 8.66. The van der Waals surface area contributed by atoms with E-state index in [4.69, 9.17) is 0 Å². The molecule has 1 atom stereocenters. The summed E-state index contributed by atoms with van der Waals surface area (Å²) in [4.78, 5) is 28.5. The topological polar surface area (TPSA) is 49.4 Å². The zero-order valence-electron chi connectivity index (χ0n) is 19.2. The summed E-state index contributed by atoms with van der Waals surface area (Å²) >= 11 is 0. The number of hydrogen-bond donors (Lipinski definition) is 1. The molecule has 0 aliphatic heterocycles. The zero-order valence-corrected chi connectivity index (χ0v) is 19.2. The van der Waals surface area contributed by atoms with Gasteiger partial charge < -0.3 is 10.2 Å². The van der Waals surface area contributed by atoms with Crippen LogP contribution in [0.2, 0.25) is 0 Å². The molecule has 5 heteroatoms. The van der Waals surface area contributed by atoms with Crippen molar-refractivity contribution in [1.82, 2.24) is 10.2 Å². The number of halogens is 1. The number of carbonyl (C=O) groups is 2. The van der Waals surface area contributed by atoms with Crippen LogP contribution in [0, 0.1) is 11.7 Å². The lowest BCUT2D eigenvalue weighted by molar-refractivity contribution is -0.140. The van der Waals surface area contributed by atoms with E-state index in [1.165, 1.54) is 12.1 Å². The number of hydrogen-bond acceptors (Lipinski definition) is 2. The van der Waals surface area contributed by atoms with Crippen LogP contribution in [0.5, 0.6) is 0 Å². The van der Waals surface area contributed by atoms with E-state index in [2.05, 4.69) is 5.32 Å². The van der Waals surface area contributed by atoms with Crippen LogP contribution in [-0.4, -0.2) is 29.3 Å². The number of benzene rings is 3. The first-order valence-electron chi connectivity index (χ1n) is 11.3. The molecule has 1 N–H and O–H groups in total. The molecule has 2 amide bonds. The fourth-order valence-electron chi connectivity index (χ4n) is 3.64. The van der Waals surface area contributed by atoms with Gasteiger partial charge in [-0.25, -0.2) is 4.39 Å². The number of amides is 2. The molecule has 0 aliphatic carbocycles. The van der Waals surface area contributed by atoms with Crippen LogP contribution < -0.4 is 5.32 Å². The Morgan fingerprint density at radius 3 is 1.97 bits per heavy atom. The van der Waals surface area contributed by atoms with Gasteiger partial charge in [-0.2, -0.15) is 0 Å². The van der Waals surface area contributed by atoms with E-state index < -0.39 is 6.04 Å². The Balaban J connectivity index is 1.93. The highest BCUT2D eigenvalue weighted by molar-refractivity contribution is 5.88. The standard InChI is InChI=1S/C28H31FN2O2/c1-21(2)19-30-28(33)26(17-22-9-5-3-6-10-22)31(20-24-13-15-25(29)16-14-24)27(32)18-23-11-7-4-8-12-23/h3-16,21,26H,17-20H2,1-2H3,(H,30,33)/t26-/m0/s1. The van der Waals surface area contributed by atoms with Gasteiger partial charge in [0, 0.05) is 19.5 Å². The first-order chi connectivity index (χ1) is 15.9. The number of rotatable bonds is 10. The first-order valence-corrected chi connectivity index (χ1v) is 11.3. The average molecular weight is 447 g/mol.